The van der Waals surface area contributed by atoms with Gasteiger partial charge in [-0.1, -0.05) is 6.58 Å². The Labute approximate surface area is 64.6 Å². The van der Waals surface area contributed by atoms with Crippen LogP contribution in [0.15, 0.2) is 12.2 Å². The number of carbonyl (C=O) groups excluding carboxylic acids is 2. The van der Waals surface area contributed by atoms with E-state index in [4.69, 9.17) is 5.73 Å². The highest BCUT2D eigenvalue weighted by molar-refractivity contribution is 5.93. The van der Waals surface area contributed by atoms with Gasteiger partial charge in [0.25, 0.3) is 11.8 Å². The molecule has 5 heteroatoms. The summed E-state index contributed by atoms with van der Waals surface area (Å²) in [6.07, 6.45) is 0. The summed E-state index contributed by atoms with van der Waals surface area (Å²) in [7, 11) is 0. The summed E-state index contributed by atoms with van der Waals surface area (Å²) < 4.78 is 0. The lowest BCUT2D eigenvalue weighted by atomic mass is 10.3. The van der Waals surface area contributed by atoms with Gasteiger partial charge in [0.2, 0.25) is 0 Å². The molecule has 0 aliphatic carbocycles. The number of amides is 2. The molecule has 0 aliphatic heterocycles. The first-order valence-corrected chi connectivity index (χ1v) is 3.02. The standard InChI is InChI=1S/C6H11N3O2/c1-4(2)6(11)9-8-5(10)3-7/h1,3,7H2,2H3,(H,8,10)(H,9,11). The Balaban J connectivity index is 3.63. The highest BCUT2D eigenvalue weighted by Gasteiger charge is 2.01. The van der Waals surface area contributed by atoms with Crippen LogP contribution < -0.4 is 16.6 Å². The van der Waals surface area contributed by atoms with Crippen molar-refractivity contribution >= 4 is 11.8 Å². The topological polar surface area (TPSA) is 84.2 Å². The molecular formula is C6H11N3O2. The van der Waals surface area contributed by atoms with E-state index < -0.39 is 11.8 Å². The number of carbonyl (C=O) groups is 2. The Morgan fingerprint density at radius 2 is 2.00 bits per heavy atom. The Hall–Kier alpha value is -1.36. The van der Waals surface area contributed by atoms with Crippen LogP contribution in [-0.4, -0.2) is 18.4 Å². The van der Waals surface area contributed by atoms with Crippen molar-refractivity contribution < 1.29 is 9.59 Å². The van der Waals surface area contributed by atoms with Crippen LogP contribution in [0.25, 0.3) is 0 Å². The Bertz CT molecular complexity index is 188. The van der Waals surface area contributed by atoms with Crippen molar-refractivity contribution in [2.75, 3.05) is 6.54 Å². The summed E-state index contributed by atoms with van der Waals surface area (Å²) in [5.74, 6) is -0.869. The zero-order valence-electron chi connectivity index (χ0n) is 6.31. The SMILES string of the molecule is C=C(C)C(=O)NNC(=O)CN. The van der Waals surface area contributed by atoms with Gasteiger partial charge in [0.1, 0.15) is 0 Å². The van der Waals surface area contributed by atoms with Gasteiger partial charge in [-0.25, -0.2) is 0 Å². The summed E-state index contributed by atoms with van der Waals surface area (Å²) >= 11 is 0. The summed E-state index contributed by atoms with van der Waals surface area (Å²) in [6, 6.07) is 0. The predicted octanol–water partition coefficient (Wildman–Crippen LogP) is -1.33. The monoisotopic (exact) mass is 157 g/mol. The van der Waals surface area contributed by atoms with Gasteiger partial charge in [-0.05, 0) is 6.92 Å². The quantitative estimate of drug-likeness (QED) is 0.343. The number of nitrogens with one attached hydrogen (secondary N) is 2. The van der Waals surface area contributed by atoms with E-state index in [0.717, 1.165) is 0 Å². The van der Waals surface area contributed by atoms with Crippen molar-refractivity contribution in [3.05, 3.63) is 12.2 Å². The molecule has 0 heterocycles. The van der Waals surface area contributed by atoms with Crippen LogP contribution in [0.2, 0.25) is 0 Å². The molecule has 0 radical (unpaired) electrons. The summed E-state index contributed by atoms with van der Waals surface area (Å²) in [5.41, 5.74) is 9.47. The van der Waals surface area contributed by atoms with Crippen LogP contribution in [0.4, 0.5) is 0 Å². The van der Waals surface area contributed by atoms with E-state index in [1.807, 2.05) is 0 Å². The number of nitrogens with two attached hydrogens (primary N) is 1. The van der Waals surface area contributed by atoms with E-state index in [-0.39, 0.29) is 6.54 Å². The van der Waals surface area contributed by atoms with Crippen molar-refractivity contribution in [1.82, 2.24) is 10.9 Å². The fourth-order valence-corrected chi connectivity index (χ4v) is 0.284. The Kier molecular flexibility index (Phi) is 3.90. The molecule has 5 nitrogen and oxygen atoms in total. The van der Waals surface area contributed by atoms with Gasteiger partial charge >= 0.3 is 0 Å². The molecule has 0 aromatic heterocycles. The predicted molar refractivity (Wildman–Crippen MR) is 40.2 cm³/mol. The van der Waals surface area contributed by atoms with E-state index in [1.54, 1.807) is 0 Å². The Morgan fingerprint density at radius 1 is 1.45 bits per heavy atom. The largest absolute Gasteiger partial charge is 0.322 e. The molecule has 0 aliphatic rings. The van der Waals surface area contributed by atoms with Crippen molar-refractivity contribution in [3.8, 4) is 0 Å². The van der Waals surface area contributed by atoms with Gasteiger partial charge in [-0.15, -0.1) is 0 Å². The number of hydrazine groups is 1. The number of hydrogen-bond donors (Lipinski definition) is 3. The molecule has 0 saturated carbocycles. The molecule has 0 spiro atoms. The first-order chi connectivity index (χ1) is 5.07. The maximum Gasteiger partial charge on any atom is 0.264 e. The molecular weight excluding hydrogens is 146 g/mol. The van der Waals surface area contributed by atoms with Crippen LogP contribution in [0, 0.1) is 0 Å². The average Bonchev–Trinajstić information content (AvgIpc) is 1.99. The normalized spacial score (nSPS) is 8.55. The van der Waals surface area contributed by atoms with Gasteiger partial charge in [-0.2, -0.15) is 0 Å². The highest BCUT2D eigenvalue weighted by atomic mass is 16.2. The zero-order valence-corrected chi connectivity index (χ0v) is 6.31. The molecule has 62 valence electrons. The second-order valence-electron chi connectivity index (χ2n) is 1.99. The molecule has 11 heavy (non-hydrogen) atoms. The van der Waals surface area contributed by atoms with Gasteiger partial charge in [0.05, 0.1) is 6.54 Å². The lowest BCUT2D eigenvalue weighted by molar-refractivity contribution is -0.126. The molecule has 0 saturated heterocycles. The molecule has 0 bridgehead atoms. The van der Waals surface area contributed by atoms with Gasteiger partial charge in [0.15, 0.2) is 0 Å². The molecule has 0 aromatic carbocycles. The second-order valence-corrected chi connectivity index (χ2v) is 1.99. The fourth-order valence-electron chi connectivity index (χ4n) is 0.284. The minimum atomic E-state index is -0.445. The third kappa shape index (κ3) is 4.10. The van der Waals surface area contributed by atoms with Crippen molar-refractivity contribution in [2.24, 2.45) is 5.73 Å². The van der Waals surface area contributed by atoms with E-state index in [1.165, 1.54) is 6.92 Å². The third-order valence-corrected chi connectivity index (χ3v) is 0.888. The minimum absolute atomic E-state index is 0.156. The van der Waals surface area contributed by atoms with E-state index >= 15 is 0 Å². The van der Waals surface area contributed by atoms with E-state index in [0.29, 0.717) is 5.57 Å². The highest BCUT2D eigenvalue weighted by Crippen LogP contribution is 1.82. The van der Waals surface area contributed by atoms with Crippen molar-refractivity contribution in [3.63, 3.8) is 0 Å². The molecule has 0 atom stereocenters. The molecule has 2 amide bonds. The molecule has 0 aromatic rings. The van der Waals surface area contributed by atoms with Gasteiger partial charge in [0, 0.05) is 5.57 Å². The first kappa shape index (κ1) is 9.64. The third-order valence-electron chi connectivity index (χ3n) is 0.888. The molecule has 0 unspecified atom stereocenters. The molecule has 4 N–H and O–H groups in total. The molecule has 0 fully saturated rings. The summed E-state index contributed by atoms with van der Waals surface area (Å²) in [5, 5.41) is 0. The smallest absolute Gasteiger partial charge is 0.264 e. The average molecular weight is 157 g/mol. The van der Waals surface area contributed by atoms with Gasteiger partial charge in [-0.3, -0.25) is 20.4 Å². The second kappa shape index (κ2) is 4.45. The summed E-state index contributed by atoms with van der Waals surface area (Å²) in [6.45, 7) is 4.74. The van der Waals surface area contributed by atoms with Crippen LogP contribution in [0.3, 0.4) is 0 Å². The van der Waals surface area contributed by atoms with Crippen molar-refractivity contribution in [2.45, 2.75) is 6.92 Å². The first-order valence-electron chi connectivity index (χ1n) is 3.02. The zero-order chi connectivity index (χ0) is 8.85. The van der Waals surface area contributed by atoms with Crippen LogP contribution in [0.5, 0.6) is 0 Å². The maximum atomic E-state index is 10.7. The van der Waals surface area contributed by atoms with Crippen LogP contribution in [0.1, 0.15) is 6.92 Å². The number of rotatable bonds is 2. The molecule has 0 rings (SSSR count). The van der Waals surface area contributed by atoms with Crippen LogP contribution >= 0.6 is 0 Å². The lowest BCUT2D eigenvalue weighted by Gasteiger charge is -2.04. The van der Waals surface area contributed by atoms with Crippen LogP contribution in [-0.2, 0) is 9.59 Å². The van der Waals surface area contributed by atoms with Gasteiger partial charge < -0.3 is 5.73 Å². The Morgan fingerprint density at radius 3 is 2.36 bits per heavy atom. The minimum Gasteiger partial charge on any atom is -0.322 e. The van der Waals surface area contributed by atoms with Crippen molar-refractivity contribution in [1.29, 1.82) is 0 Å². The summed E-state index contributed by atoms with van der Waals surface area (Å²) in [4.78, 5) is 21.2. The lowest BCUT2D eigenvalue weighted by Crippen LogP contribution is -2.44. The maximum absolute atomic E-state index is 10.7. The van der Waals surface area contributed by atoms with E-state index in [9.17, 15) is 9.59 Å². The van der Waals surface area contributed by atoms with E-state index in [2.05, 4.69) is 17.4 Å². The fraction of sp³-hybridized carbons (Fsp3) is 0.333. The number of hydrogen-bond acceptors (Lipinski definition) is 3.